The molecule has 0 heterocycles. The summed E-state index contributed by atoms with van der Waals surface area (Å²) in [6.07, 6.45) is 10.8. The third kappa shape index (κ3) is 6.00. The van der Waals surface area contributed by atoms with Crippen molar-refractivity contribution >= 4 is 11.6 Å². The second-order valence-electron chi connectivity index (χ2n) is 6.76. The van der Waals surface area contributed by atoms with Crippen LogP contribution in [0.1, 0.15) is 64.4 Å². The van der Waals surface area contributed by atoms with E-state index in [1.54, 1.807) is 0 Å². The number of hydrogen-bond donors (Lipinski definition) is 1. The fraction of sp³-hybridized carbons (Fsp3) is 0.684. The Bertz CT molecular complexity index is 418. The molecule has 0 spiro atoms. The minimum absolute atomic E-state index is 0.524. The van der Waals surface area contributed by atoms with Crippen molar-refractivity contribution in [3.05, 3.63) is 34.9 Å². The summed E-state index contributed by atoms with van der Waals surface area (Å²) in [6, 6.07) is 9.49. The van der Waals surface area contributed by atoms with Gasteiger partial charge in [-0.1, -0.05) is 56.3 Å². The van der Waals surface area contributed by atoms with Crippen molar-refractivity contribution in [2.24, 2.45) is 5.92 Å². The van der Waals surface area contributed by atoms with Gasteiger partial charge in [0.2, 0.25) is 0 Å². The van der Waals surface area contributed by atoms with Gasteiger partial charge in [0.1, 0.15) is 0 Å². The van der Waals surface area contributed by atoms with Gasteiger partial charge in [0.25, 0.3) is 0 Å². The molecule has 1 aliphatic carbocycles. The topological polar surface area (TPSA) is 12.0 Å². The lowest BCUT2D eigenvalue weighted by atomic mass is 9.95. The maximum absolute atomic E-state index is 6.07. The van der Waals surface area contributed by atoms with Gasteiger partial charge in [-0.2, -0.15) is 0 Å². The van der Waals surface area contributed by atoms with Crippen LogP contribution in [0, 0.1) is 5.92 Å². The fourth-order valence-electron chi connectivity index (χ4n) is 3.72. The Morgan fingerprint density at radius 3 is 2.86 bits per heavy atom. The maximum Gasteiger partial charge on any atom is 0.0408 e. The molecular weight excluding hydrogens is 278 g/mol. The highest BCUT2D eigenvalue weighted by Gasteiger charge is 2.19. The van der Waals surface area contributed by atoms with E-state index in [4.69, 9.17) is 11.6 Å². The molecule has 1 aromatic rings. The zero-order valence-electron chi connectivity index (χ0n) is 13.6. The van der Waals surface area contributed by atoms with Gasteiger partial charge in [0, 0.05) is 17.1 Å². The van der Waals surface area contributed by atoms with Crippen molar-refractivity contribution in [3.8, 4) is 0 Å². The van der Waals surface area contributed by atoms with E-state index in [1.807, 2.05) is 12.1 Å². The first kappa shape index (κ1) is 16.8. The molecule has 21 heavy (non-hydrogen) atoms. The molecule has 1 aromatic carbocycles. The Kier molecular flexibility index (Phi) is 7.06. The molecule has 0 saturated heterocycles. The van der Waals surface area contributed by atoms with Gasteiger partial charge in [-0.05, 0) is 56.2 Å². The highest BCUT2D eigenvalue weighted by molar-refractivity contribution is 6.30. The summed E-state index contributed by atoms with van der Waals surface area (Å²) in [7, 11) is 0. The molecule has 1 nitrogen and oxygen atoms in total. The zero-order valence-corrected chi connectivity index (χ0v) is 14.3. The smallest absolute Gasteiger partial charge is 0.0408 e. The standard InChI is InChI=1S/C19H30ClN/c1-3-6-16-7-5-10-19(12-11-16)21-15(2)13-17-8-4-9-18(20)14-17/h4,8-9,14-16,19,21H,3,5-7,10-13H2,1-2H3. The van der Waals surface area contributed by atoms with E-state index in [0.717, 1.165) is 17.4 Å². The van der Waals surface area contributed by atoms with Crippen LogP contribution in [0.4, 0.5) is 0 Å². The van der Waals surface area contributed by atoms with Crippen LogP contribution in [-0.2, 0) is 6.42 Å². The molecular formula is C19H30ClN. The second-order valence-corrected chi connectivity index (χ2v) is 7.20. The van der Waals surface area contributed by atoms with E-state index in [1.165, 1.54) is 50.5 Å². The van der Waals surface area contributed by atoms with Gasteiger partial charge < -0.3 is 5.32 Å². The highest BCUT2D eigenvalue weighted by Crippen LogP contribution is 2.27. The molecule has 0 aromatic heterocycles. The molecule has 2 heteroatoms. The Morgan fingerprint density at radius 2 is 2.10 bits per heavy atom. The van der Waals surface area contributed by atoms with E-state index in [9.17, 15) is 0 Å². The van der Waals surface area contributed by atoms with Crippen molar-refractivity contribution in [3.63, 3.8) is 0 Å². The predicted molar refractivity (Wildman–Crippen MR) is 93.0 cm³/mol. The quantitative estimate of drug-likeness (QED) is 0.674. The third-order valence-electron chi connectivity index (χ3n) is 4.74. The first-order valence-electron chi connectivity index (χ1n) is 8.68. The van der Waals surface area contributed by atoms with Gasteiger partial charge in [-0.25, -0.2) is 0 Å². The van der Waals surface area contributed by atoms with Crippen LogP contribution >= 0.6 is 11.6 Å². The number of rotatable bonds is 6. The molecule has 118 valence electrons. The third-order valence-corrected chi connectivity index (χ3v) is 4.97. The van der Waals surface area contributed by atoms with E-state index < -0.39 is 0 Å². The Hall–Kier alpha value is -0.530. The molecule has 2 rings (SSSR count). The molecule has 3 atom stereocenters. The van der Waals surface area contributed by atoms with Crippen LogP contribution in [0.5, 0.6) is 0 Å². The first-order valence-corrected chi connectivity index (χ1v) is 9.05. The summed E-state index contributed by atoms with van der Waals surface area (Å²) >= 11 is 6.07. The average Bonchev–Trinajstić information content (AvgIpc) is 2.65. The molecule has 1 fully saturated rings. The van der Waals surface area contributed by atoms with E-state index in [2.05, 4.69) is 31.3 Å². The minimum Gasteiger partial charge on any atom is -0.311 e. The highest BCUT2D eigenvalue weighted by atomic mass is 35.5. The normalized spacial score (nSPS) is 24.5. The summed E-state index contributed by atoms with van der Waals surface area (Å²) in [5.41, 5.74) is 1.33. The van der Waals surface area contributed by atoms with Gasteiger partial charge in [0.05, 0.1) is 0 Å². The van der Waals surface area contributed by atoms with Crippen LogP contribution in [0.2, 0.25) is 5.02 Å². The number of hydrogen-bond acceptors (Lipinski definition) is 1. The van der Waals surface area contributed by atoms with Crippen molar-refractivity contribution in [2.45, 2.75) is 77.3 Å². The second kappa shape index (κ2) is 8.80. The number of nitrogens with one attached hydrogen (secondary N) is 1. The molecule has 0 amide bonds. The molecule has 0 radical (unpaired) electrons. The Labute approximate surface area is 135 Å². The summed E-state index contributed by atoms with van der Waals surface area (Å²) in [5.74, 6) is 0.977. The van der Waals surface area contributed by atoms with Crippen LogP contribution < -0.4 is 5.32 Å². The molecule has 0 bridgehead atoms. The van der Waals surface area contributed by atoms with Gasteiger partial charge >= 0.3 is 0 Å². The zero-order chi connectivity index (χ0) is 15.1. The SMILES string of the molecule is CCCC1CCCC(NC(C)Cc2cccc(Cl)c2)CC1. The fourth-order valence-corrected chi connectivity index (χ4v) is 3.93. The summed E-state index contributed by atoms with van der Waals surface area (Å²) in [4.78, 5) is 0. The van der Waals surface area contributed by atoms with Crippen molar-refractivity contribution in [2.75, 3.05) is 0 Å². The average molecular weight is 308 g/mol. The van der Waals surface area contributed by atoms with Crippen LogP contribution in [0.25, 0.3) is 0 Å². The van der Waals surface area contributed by atoms with Crippen molar-refractivity contribution in [1.29, 1.82) is 0 Å². The van der Waals surface area contributed by atoms with Crippen molar-refractivity contribution < 1.29 is 0 Å². The molecule has 1 saturated carbocycles. The number of benzene rings is 1. The van der Waals surface area contributed by atoms with Crippen LogP contribution in [0.3, 0.4) is 0 Å². The van der Waals surface area contributed by atoms with E-state index in [-0.39, 0.29) is 0 Å². The van der Waals surface area contributed by atoms with Gasteiger partial charge in [-0.15, -0.1) is 0 Å². The lowest BCUT2D eigenvalue weighted by molar-refractivity contribution is 0.388. The largest absolute Gasteiger partial charge is 0.311 e. The monoisotopic (exact) mass is 307 g/mol. The van der Waals surface area contributed by atoms with Crippen molar-refractivity contribution in [1.82, 2.24) is 5.32 Å². The summed E-state index contributed by atoms with van der Waals surface area (Å²) in [5, 5.41) is 4.69. The van der Waals surface area contributed by atoms with E-state index >= 15 is 0 Å². The van der Waals surface area contributed by atoms with Crippen LogP contribution in [-0.4, -0.2) is 12.1 Å². The lowest BCUT2D eigenvalue weighted by Crippen LogP contribution is -2.37. The predicted octanol–water partition coefficient (Wildman–Crippen LogP) is 5.61. The summed E-state index contributed by atoms with van der Waals surface area (Å²) in [6.45, 7) is 4.61. The van der Waals surface area contributed by atoms with Gasteiger partial charge in [-0.3, -0.25) is 0 Å². The lowest BCUT2D eigenvalue weighted by Gasteiger charge is -2.22. The first-order chi connectivity index (χ1) is 10.2. The van der Waals surface area contributed by atoms with Crippen LogP contribution in [0.15, 0.2) is 24.3 Å². The maximum atomic E-state index is 6.07. The summed E-state index contributed by atoms with van der Waals surface area (Å²) < 4.78 is 0. The van der Waals surface area contributed by atoms with E-state index in [0.29, 0.717) is 12.1 Å². The van der Waals surface area contributed by atoms with Gasteiger partial charge in [0.15, 0.2) is 0 Å². The number of halogens is 1. The molecule has 1 N–H and O–H groups in total. The Morgan fingerprint density at radius 1 is 1.24 bits per heavy atom. The molecule has 1 aliphatic rings. The molecule has 3 unspecified atom stereocenters. The minimum atomic E-state index is 0.524. The molecule has 0 aliphatic heterocycles. The Balaban J connectivity index is 1.78.